The summed E-state index contributed by atoms with van der Waals surface area (Å²) in [6.07, 6.45) is 9.46. The standard InChI is InChI=1S/C30H33N9O3/c1-36(2)13-14-37(3)24-16-26(42-4)23(15-25(24)39(40)41)34-30-33-17-21(29-31-10-11-32-29)27(35-30)22-18-38-12-6-8-19-7-5-9-20(22)28(19)38/h5,7,9-11,15-18H,6,8,12-14H2,1-4H3,(H,31,32)(H,33,34,35). The first kappa shape index (κ1) is 27.2. The average molecular weight is 568 g/mol. The Balaban J connectivity index is 1.44. The van der Waals surface area contributed by atoms with Crippen LogP contribution in [0.5, 0.6) is 5.75 Å². The molecule has 216 valence electrons. The van der Waals surface area contributed by atoms with Gasteiger partial charge in [0.25, 0.3) is 5.69 Å². The number of benzene rings is 2. The van der Waals surface area contributed by atoms with Gasteiger partial charge in [-0.25, -0.2) is 15.0 Å². The fourth-order valence-electron chi connectivity index (χ4n) is 5.54. The van der Waals surface area contributed by atoms with Crippen LogP contribution in [0.15, 0.2) is 55.1 Å². The van der Waals surface area contributed by atoms with Crippen LogP contribution in [0.3, 0.4) is 0 Å². The van der Waals surface area contributed by atoms with Gasteiger partial charge in [-0.3, -0.25) is 10.1 Å². The summed E-state index contributed by atoms with van der Waals surface area (Å²) in [5.41, 5.74) is 5.81. The number of aromatic nitrogens is 5. The first-order valence-electron chi connectivity index (χ1n) is 13.8. The molecule has 12 heteroatoms. The van der Waals surface area contributed by atoms with Crippen molar-refractivity contribution in [3.63, 3.8) is 0 Å². The first-order valence-corrected chi connectivity index (χ1v) is 13.8. The molecule has 0 amide bonds. The molecule has 1 aliphatic heterocycles. The molecule has 0 bridgehead atoms. The molecule has 12 nitrogen and oxygen atoms in total. The first-order chi connectivity index (χ1) is 20.3. The van der Waals surface area contributed by atoms with Gasteiger partial charge >= 0.3 is 0 Å². The number of ether oxygens (including phenoxy) is 1. The lowest BCUT2D eigenvalue weighted by Crippen LogP contribution is -2.28. The minimum absolute atomic E-state index is 0.0408. The monoisotopic (exact) mass is 567 g/mol. The second kappa shape index (κ2) is 11.1. The summed E-state index contributed by atoms with van der Waals surface area (Å²) in [4.78, 5) is 32.8. The van der Waals surface area contributed by atoms with Gasteiger partial charge < -0.3 is 29.4 Å². The molecule has 3 aromatic heterocycles. The van der Waals surface area contributed by atoms with Crippen LogP contribution in [0.4, 0.5) is 23.0 Å². The maximum atomic E-state index is 12.1. The van der Waals surface area contributed by atoms with Crippen molar-refractivity contribution in [3.8, 4) is 28.4 Å². The van der Waals surface area contributed by atoms with Gasteiger partial charge in [0.05, 0.1) is 34.5 Å². The van der Waals surface area contributed by atoms with Crippen molar-refractivity contribution in [2.75, 3.05) is 51.6 Å². The SMILES string of the molecule is COc1cc(N(C)CCN(C)C)c([N+](=O)[O-])cc1Nc1ncc(-c2ncc[nH]2)c(-c2cn3c4c(cccc24)CCC3)n1. The molecule has 0 saturated heterocycles. The molecular formula is C30H33N9O3. The number of aromatic amines is 1. The number of likely N-dealkylation sites (N-methyl/N-ethyl adjacent to an activating group) is 2. The number of hydrogen-bond donors (Lipinski definition) is 2. The summed E-state index contributed by atoms with van der Waals surface area (Å²) in [7, 11) is 7.30. The van der Waals surface area contributed by atoms with Crippen LogP contribution in [0.25, 0.3) is 33.5 Å². The third kappa shape index (κ3) is 5.00. The molecule has 2 N–H and O–H groups in total. The molecule has 0 saturated carbocycles. The van der Waals surface area contributed by atoms with Crippen molar-refractivity contribution >= 4 is 33.9 Å². The van der Waals surface area contributed by atoms with Crippen LogP contribution < -0.4 is 15.0 Å². The third-order valence-corrected chi connectivity index (χ3v) is 7.66. The molecule has 0 unspecified atom stereocenters. The van der Waals surface area contributed by atoms with Crippen LogP contribution in [0.1, 0.15) is 12.0 Å². The van der Waals surface area contributed by atoms with E-state index in [-0.39, 0.29) is 16.6 Å². The summed E-state index contributed by atoms with van der Waals surface area (Å²) < 4.78 is 7.96. The summed E-state index contributed by atoms with van der Waals surface area (Å²) in [5, 5.41) is 16.4. The van der Waals surface area contributed by atoms with Crippen LogP contribution in [0.2, 0.25) is 0 Å². The molecule has 0 radical (unpaired) electrons. The summed E-state index contributed by atoms with van der Waals surface area (Å²) in [6, 6.07) is 9.55. The Kier molecular flexibility index (Phi) is 7.21. The number of imidazole rings is 1. The topological polar surface area (TPSA) is 130 Å². The molecule has 0 spiro atoms. The highest BCUT2D eigenvalue weighted by molar-refractivity contribution is 6.00. The normalized spacial score (nSPS) is 12.6. The van der Waals surface area contributed by atoms with Crippen LogP contribution in [-0.2, 0) is 13.0 Å². The summed E-state index contributed by atoms with van der Waals surface area (Å²) in [5.74, 6) is 1.38. The van der Waals surface area contributed by atoms with Gasteiger partial charge in [0.1, 0.15) is 17.3 Å². The zero-order valence-electron chi connectivity index (χ0n) is 24.1. The number of nitro benzene ring substituents is 1. The van der Waals surface area contributed by atoms with Gasteiger partial charge in [0, 0.05) is 74.6 Å². The fourth-order valence-corrected chi connectivity index (χ4v) is 5.54. The highest BCUT2D eigenvalue weighted by Gasteiger charge is 2.24. The highest BCUT2D eigenvalue weighted by Crippen LogP contribution is 2.41. The number of para-hydroxylation sites is 1. The second-order valence-corrected chi connectivity index (χ2v) is 10.7. The van der Waals surface area contributed by atoms with E-state index in [1.807, 2.05) is 30.9 Å². The summed E-state index contributed by atoms with van der Waals surface area (Å²) in [6.45, 7) is 2.29. The Morgan fingerprint density at radius 2 is 2.02 bits per heavy atom. The van der Waals surface area contributed by atoms with E-state index in [0.29, 0.717) is 35.2 Å². The number of nitro groups is 1. The molecular weight excluding hydrogens is 534 g/mol. The maximum absolute atomic E-state index is 12.1. The Labute approximate surface area is 243 Å². The third-order valence-electron chi connectivity index (χ3n) is 7.66. The maximum Gasteiger partial charge on any atom is 0.294 e. The largest absolute Gasteiger partial charge is 0.494 e. The molecule has 0 fully saturated rings. The molecule has 0 aliphatic carbocycles. The average Bonchev–Trinajstić information content (AvgIpc) is 3.66. The van der Waals surface area contributed by atoms with Crippen molar-refractivity contribution in [1.29, 1.82) is 0 Å². The second-order valence-electron chi connectivity index (χ2n) is 10.7. The summed E-state index contributed by atoms with van der Waals surface area (Å²) >= 11 is 0. The van der Waals surface area contributed by atoms with E-state index < -0.39 is 0 Å². The van der Waals surface area contributed by atoms with Crippen LogP contribution >= 0.6 is 0 Å². The number of nitrogens with zero attached hydrogens (tertiary/aromatic N) is 7. The van der Waals surface area contributed by atoms with Gasteiger partial charge in [0.2, 0.25) is 5.95 Å². The van der Waals surface area contributed by atoms with Crippen LogP contribution in [0, 0.1) is 10.1 Å². The van der Waals surface area contributed by atoms with Crippen LogP contribution in [-0.4, -0.2) is 75.7 Å². The number of rotatable bonds is 10. The van der Waals surface area contributed by atoms with Crippen molar-refractivity contribution < 1.29 is 9.66 Å². The molecule has 42 heavy (non-hydrogen) atoms. The van der Waals surface area contributed by atoms with Crippen molar-refractivity contribution in [2.45, 2.75) is 19.4 Å². The van der Waals surface area contributed by atoms with E-state index in [1.165, 1.54) is 24.3 Å². The van der Waals surface area contributed by atoms with E-state index in [2.05, 4.69) is 49.2 Å². The zero-order chi connectivity index (χ0) is 29.4. The van der Waals surface area contributed by atoms with Crippen molar-refractivity contribution in [3.05, 3.63) is 70.8 Å². The molecule has 2 aromatic carbocycles. The number of methoxy groups -OCH3 is 1. The van der Waals surface area contributed by atoms with Gasteiger partial charge in [-0.05, 0) is 32.5 Å². The minimum atomic E-state index is -0.383. The molecule has 4 heterocycles. The number of nitrogens with one attached hydrogen (secondary N) is 2. The number of hydrogen-bond acceptors (Lipinski definition) is 9. The zero-order valence-corrected chi connectivity index (χ0v) is 24.1. The lowest BCUT2D eigenvalue weighted by molar-refractivity contribution is -0.384. The smallest absolute Gasteiger partial charge is 0.294 e. The number of aryl methyl sites for hydroxylation is 2. The lowest BCUT2D eigenvalue weighted by atomic mass is 10.0. The number of anilines is 3. The molecule has 5 aromatic rings. The van der Waals surface area contributed by atoms with Crippen molar-refractivity contribution in [1.82, 2.24) is 29.4 Å². The highest BCUT2D eigenvalue weighted by atomic mass is 16.6. The molecule has 0 atom stereocenters. The van der Waals surface area contributed by atoms with Gasteiger partial charge in [-0.2, -0.15) is 0 Å². The van der Waals surface area contributed by atoms with Gasteiger partial charge in [0.15, 0.2) is 0 Å². The Hall–Kier alpha value is -4.97. The Morgan fingerprint density at radius 1 is 1.17 bits per heavy atom. The van der Waals surface area contributed by atoms with E-state index in [1.54, 1.807) is 24.7 Å². The number of H-pyrrole nitrogens is 1. The molecule has 1 aliphatic rings. The lowest BCUT2D eigenvalue weighted by Gasteiger charge is -2.22. The van der Waals surface area contributed by atoms with E-state index in [4.69, 9.17) is 9.72 Å². The predicted octanol–water partition coefficient (Wildman–Crippen LogP) is 5.09. The quantitative estimate of drug-likeness (QED) is 0.175. The fraction of sp³-hybridized carbons (Fsp3) is 0.300. The predicted molar refractivity (Wildman–Crippen MR) is 164 cm³/mol. The van der Waals surface area contributed by atoms with E-state index in [9.17, 15) is 10.1 Å². The Morgan fingerprint density at radius 3 is 2.76 bits per heavy atom. The molecule has 6 rings (SSSR count). The van der Waals surface area contributed by atoms with Gasteiger partial charge in [-0.1, -0.05) is 18.2 Å². The Bertz CT molecular complexity index is 1760. The van der Waals surface area contributed by atoms with E-state index in [0.717, 1.165) is 42.4 Å². The van der Waals surface area contributed by atoms with Crippen molar-refractivity contribution in [2.24, 2.45) is 0 Å². The minimum Gasteiger partial charge on any atom is -0.494 e. The van der Waals surface area contributed by atoms with E-state index >= 15 is 0 Å². The van der Waals surface area contributed by atoms with Gasteiger partial charge in [-0.15, -0.1) is 0 Å².